The van der Waals surface area contributed by atoms with Crippen LogP contribution in [0.1, 0.15) is 12.5 Å². The van der Waals surface area contributed by atoms with E-state index < -0.39 is 23.4 Å². The Balaban J connectivity index is 1.93. The van der Waals surface area contributed by atoms with E-state index >= 15 is 0 Å². The molecule has 1 aromatic rings. The van der Waals surface area contributed by atoms with Crippen LogP contribution in [0.15, 0.2) is 35.3 Å². The molecule has 1 heterocycles. The summed E-state index contributed by atoms with van der Waals surface area (Å²) in [6.07, 6.45) is 0. The van der Waals surface area contributed by atoms with E-state index in [0.29, 0.717) is 0 Å². The molecule has 1 aliphatic rings. The van der Waals surface area contributed by atoms with E-state index in [1.807, 2.05) is 30.3 Å². The molecule has 21 heavy (non-hydrogen) atoms. The van der Waals surface area contributed by atoms with Crippen molar-refractivity contribution in [1.82, 2.24) is 4.90 Å². The second-order valence-electron chi connectivity index (χ2n) is 4.61. The molecule has 0 fully saturated rings. The van der Waals surface area contributed by atoms with E-state index in [1.54, 1.807) is 6.92 Å². The van der Waals surface area contributed by atoms with Crippen LogP contribution < -0.4 is 0 Å². The molecular formula is C14H14Cl2N2O3. The van der Waals surface area contributed by atoms with Crippen molar-refractivity contribution in [2.45, 2.75) is 25.1 Å². The SMILES string of the molecule is CC1C(Cl)N=C(Cl)C(=O)N1CC(=O)OCc1ccccc1. The minimum absolute atomic E-state index is 0.155. The Morgan fingerprint density at radius 2 is 2.05 bits per heavy atom. The fourth-order valence-electron chi connectivity index (χ4n) is 1.86. The number of hydrogen-bond donors (Lipinski definition) is 0. The van der Waals surface area contributed by atoms with Crippen molar-refractivity contribution in [3.8, 4) is 0 Å². The second-order valence-corrected chi connectivity index (χ2v) is 5.42. The number of halogens is 2. The van der Waals surface area contributed by atoms with Crippen LogP contribution in [-0.2, 0) is 20.9 Å². The van der Waals surface area contributed by atoms with Crippen molar-refractivity contribution in [2.24, 2.45) is 4.99 Å². The zero-order valence-electron chi connectivity index (χ0n) is 11.3. The minimum atomic E-state index is -0.669. The van der Waals surface area contributed by atoms with Gasteiger partial charge >= 0.3 is 5.97 Å². The molecule has 2 unspecified atom stereocenters. The lowest BCUT2D eigenvalue weighted by Gasteiger charge is -2.32. The van der Waals surface area contributed by atoms with E-state index in [2.05, 4.69) is 4.99 Å². The van der Waals surface area contributed by atoms with Crippen molar-refractivity contribution < 1.29 is 14.3 Å². The molecule has 0 spiro atoms. The number of rotatable bonds is 4. The third-order valence-electron chi connectivity index (χ3n) is 3.11. The standard InChI is InChI=1S/C14H14Cl2N2O3/c1-9-12(15)17-13(16)14(20)18(9)7-11(19)21-8-10-5-3-2-4-6-10/h2-6,9,12H,7-8H2,1H3. The molecule has 0 bridgehead atoms. The van der Waals surface area contributed by atoms with E-state index in [4.69, 9.17) is 27.9 Å². The largest absolute Gasteiger partial charge is 0.459 e. The van der Waals surface area contributed by atoms with Gasteiger partial charge in [0.2, 0.25) is 0 Å². The molecule has 2 rings (SSSR count). The van der Waals surface area contributed by atoms with E-state index in [0.717, 1.165) is 5.56 Å². The summed E-state index contributed by atoms with van der Waals surface area (Å²) in [5, 5.41) is -0.219. The summed E-state index contributed by atoms with van der Waals surface area (Å²) in [4.78, 5) is 28.8. The normalized spacial score (nSPS) is 22.0. The van der Waals surface area contributed by atoms with E-state index in [-0.39, 0.29) is 18.3 Å². The van der Waals surface area contributed by atoms with Crippen LogP contribution in [0.5, 0.6) is 0 Å². The first-order chi connectivity index (χ1) is 9.99. The van der Waals surface area contributed by atoms with Crippen LogP contribution in [-0.4, -0.2) is 40.0 Å². The summed E-state index contributed by atoms with van der Waals surface area (Å²) in [6, 6.07) is 8.86. The topological polar surface area (TPSA) is 59.0 Å². The molecule has 7 heteroatoms. The van der Waals surface area contributed by atoms with Crippen molar-refractivity contribution in [1.29, 1.82) is 0 Å². The first-order valence-electron chi connectivity index (χ1n) is 6.37. The molecule has 0 N–H and O–H groups in total. The Hall–Kier alpha value is -1.59. The number of nitrogens with zero attached hydrogens (tertiary/aromatic N) is 2. The van der Waals surface area contributed by atoms with Crippen LogP contribution in [0.3, 0.4) is 0 Å². The maximum atomic E-state index is 11.9. The summed E-state index contributed by atoms with van der Waals surface area (Å²) in [5.74, 6) is -1.04. The molecule has 2 atom stereocenters. The molecule has 112 valence electrons. The van der Waals surface area contributed by atoms with Gasteiger partial charge in [0.05, 0.1) is 6.04 Å². The van der Waals surface area contributed by atoms with Gasteiger partial charge in [-0.1, -0.05) is 53.5 Å². The average Bonchev–Trinajstić information content (AvgIpc) is 2.48. The first-order valence-corrected chi connectivity index (χ1v) is 7.18. The third kappa shape index (κ3) is 3.95. The molecule has 1 amide bonds. The number of benzene rings is 1. The van der Waals surface area contributed by atoms with Gasteiger partial charge in [-0.2, -0.15) is 0 Å². The maximum absolute atomic E-state index is 11.9. The number of carbonyl (C=O) groups excluding carboxylic acids is 2. The smallest absolute Gasteiger partial charge is 0.326 e. The predicted octanol–water partition coefficient (Wildman–Crippen LogP) is 2.16. The van der Waals surface area contributed by atoms with Gasteiger partial charge in [-0.05, 0) is 12.5 Å². The van der Waals surface area contributed by atoms with Gasteiger partial charge in [0.1, 0.15) is 18.7 Å². The lowest BCUT2D eigenvalue weighted by atomic mass is 10.2. The summed E-state index contributed by atoms with van der Waals surface area (Å²) >= 11 is 11.7. The second kappa shape index (κ2) is 6.91. The summed E-state index contributed by atoms with van der Waals surface area (Å²) in [5.41, 5.74) is 0.204. The highest BCUT2D eigenvalue weighted by Crippen LogP contribution is 2.19. The number of aliphatic imine (C=N–C) groups is 1. The van der Waals surface area contributed by atoms with Gasteiger partial charge < -0.3 is 9.64 Å². The lowest BCUT2D eigenvalue weighted by molar-refractivity contribution is -0.150. The van der Waals surface area contributed by atoms with Gasteiger partial charge in [0.15, 0.2) is 5.17 Å². The summed E-state index contributed by atoms with van der Waals surface area (Å²) < 4.78 is 5.14. The number of amides is 1. The lowest BCUT2D eigenvalue weighted by Crippen LogP contribution is -2.51. The number of carbonyl (C=O) groups is 2. The molecular weight excluding hydrogens is 315 g/mol. The fraction of sp³-hybridized carbons (Fsp3) is 0.357. The Morgan fingerprint density at radius 1 is 1.38 bits per heavy atom. The molecule has 0 aromatic heterocycles. The highest BCUT2D eigenvalue weighted by molar-refractivity contribution is 6.83. The minimum Gasteiger partial charge on any atom is -0.459 e. The maximum Gasteiger partial charge on any atom is 0.326 e. The van der Waals surface area contributed by atoms with Gasteiger partial charge in [-0.25, -0.2) is 4.99 Å². The van der Waals surface area contributed by atoms with E-state index in [1.165, 1.54) is 4.90 Å². The first kappa shape index (κ1) is 15.8. The molecule has 0 aliphatic carbocycles. The van der Waals surface area contributed by atoms with Crippen LogP contribution in [0.4, 0.5) is 0 Å². The number of ether oxygens (including phenoxy) is 1. The molecule has 0 radical (unpaired) electrons. The quantitative estimate of drug-likeness (QED) is 0.483. The highest BCUT2D eigenvalue weighted by Gasteiger charge is 2.34. The zero-order valence-corrected chi connectivity index (χ0v) is 12.8. The zero-order chi connectivity index (χ0) is 15.4. The van der Waals surface area contributed by atoms with Crippen LogP contribution in [0, 0.1) is 0 Å². The van der Waals surface area contributed by atoms with Crippen LogP contribution >= 0.6 is 23.2 Å². The molecule has 1 aliphatic heterocycles. The Labute approximate surface area is 132 Å². The molecule has 1 aromatic carbocycles. The average molecular weight is 329 g/mol. The molecule has 0 saturated heterocycles. The fourth-order valence-corrected chi connectivity index (χ4v) is 2.36. The number of hydrogen-bond acceptors (Lipinski definition) is 4. The van der Waals surface area contributed by atoms with Gasteiger partial charge in [-0.15, -0.1) is 0 Å². The number of alkyl halides is 1. The monoisotopic (exact) mass is 328 g/mol. The predicted molar refractivity (Wildman–Crippen MR) is 80.3 cm³/mol. The summed E-state index contributed by atoms with van der Waals surface area (Å²) in [6.45, 7) is 1.65. The van der Waals surface area contributed by atoms with Crippen LogP contribution in [0.2, 0.25) is 0 Å². The van der Waals surface area contributed by atoms with Gasteiger partial charge in [-0.3, -0.25) is 9.59 Å². The van der Waals surface area contributed by atoms with Crippen molar-refractivity contribution in [3.63, 3.8) is 0 Å². The number of esters is 1. The van der Waals surface area contributed by atoms with Crippen LogP contribution in [0.25, 0.3) is 0 Å². The Bertz CT molecular complexity index is 563. The van der Waals surface area contributed by atoms with Crippen molar-refractivity contribution >= 4 is 40.2 Å². The highest BCUT2D eigenvalue weighted by atomic mass is 35.5. The van der Waals surface area contributed by atoms with E-state index in [9.17, 15) is 9.59 Å². The summed E-state index contributed by atoms with van der Waals surface area (Å²) in [7, 11) is 0. The van der Waals surface area contributed by atoms with Crippen molar-refractivity contribution in [3.05, 3.63) is 35.9 Å². The van der Waals surface area contributed by atoms with Gasteiger partial charge in [0, 0.05) is 0 Å². The third-order valence-corrected chi connectivity index (χ3v) is 3.83. The Kier molecular flexibility index (Phi) is 5.20. The van der Waals surface area contributed by atoms with Gasteiger partial charge in [0.25, 0.3) is 5.91 Å². The molecule has 5 nitrogen and oxygen atoms in total. The Morgan fingerprint density at radius 3 is 2.71 bits per heavy atom. The molecule has 0 saturated carbocycles. The van der Waals surface area contributed by atoms with Crippen molar-refractivity contribution in [2.75, 3.05) is 6.54 Å².